The summed E-state index contributed by atoms with van der Waals surface area (Å²) in [6.45, 7) is 8.34. The minimum absolute atomic E-state index is 0.828. The molecule has 1 fully saturated rings. The minimum Gasteiger partial charge on any atom is -0.340 e. The Hall–Kier alpha value is -0.820. The number of quaternary nitrogens is 1. The molecule has 1 aromatic rings. The average molecular weight is 246 g/mol. The van der Waals surface area contributed by atoms with Crippen LogP contribution in [0.5, 0.6) is 0 Å². The lowest BCUT2D eigenvalue weighted by Gasteiger charge is -2.35. The molecule has 0 heterocycles. The molecule has 0 amide bonds. The fraction of sp³-hybridized carbons (Fsp3) is 0.647. The van der Waals surface area contributed by atoms with Crippen LogP contribution in [0.1, 0.15) is 45.6 Å². The molecule has 0 aromatic heterocycles. The number of hydrogen-bond acceptors (Lipinski definition) is 0. The van der Waals surface area contributed by atoms with Crippen molar-refractivity contribution in [3.8, 4) is 0 Å². The number of hydrogen-bond donors (Lipinski definition) is 1. The summed E-state index contributed by atoms with van der Waals surface area (Å²) in [6.07, 6.45) is 4.25. The summed E-state index contributed by atoms with van der Waals surface area (Å²) in [5, 5.41) is 2.59. The van der Waals surface area contributed by atoms with Gasteiger partial charge in [0.25, 0.3) is 0 Å². The van der Waals surface area contributed by atoms with Crippen molar-refractivity contribution in [1.82, 2.24) is 0 Å². The van der Waals surface area contributed by atoms with Gasteiger partial charge in [0.15, 0.2) is 0 Å². The molecule has 2 N–H and O–H groups in total. The van der Waals surface area contributed by atoms with Crippen molar-refractivity contribution in [2.24, 2.45) is 17.8 Å². The summed E-state index contributed by atoms with van der Waals surface area (Å²) in [5.74, 6) is 2.65. The van der Waals surface area contributed by atoms with Gasteiger partial charge in [-0.1, -0.05) is 51.1 Å². The molecule has 0 saturated heterocycles. The van der Waals surface area contributed by atoms with E-state index in [2.05, 4.69) is 56.4 Å². The van der Waals surface area contributed by atoms with Crippen molar-refractivity contribution in [2.45, 2.75) is 52.6 Å². The van der Waals surface area contributed by atoms with Crippen LogP contribution in [-0.2, 0) is 6.54 Å². The van der Waals surface area contributed by atoms with Gasteiger partial charge in [-0.2, -0.15) is 0 Å². The zero-order valence-corrected chi connectivity index (χ0v) is 12.1. The van der Waals surface area contributed by atoms with Crippen molar-refractivity contribution >= 4 is 0 Å². The molecule has 1 aliphatic rings. The average Bonchev–Trinajstić information content (AvgIpc) is 2.37. The first-order chi connectivity index (χ1) is 8.66. The molecule has 2 rings (SSSR count). The standard InChI is InChI=1S/C17H27N/c1-13(2)16-10-9-14(3)11-17(16)18-12-15-7-5-4-6-8-15/h4-8,13-14,16-18H,9-12H2,1-3H3/p+1/t14-,16-,17-/m1/s1. The van der Waals surface area contributed by atoms with E-state index in [1.807, 2.05) is 0 Å². The van der Waals surface area contributed by atoms with Crippen LogP contribution in [0.15, 0.2) is 30.3 Å². The van der Waals surface area contributed by atoms with Crippen molar-refractivity contribution in [2.75, 3.05) is 0 Å². The molecule has 1 aromatic carbocycles. The van der Waals surface area contributed by atoms with Gasteiger partial charge in [0, 0.05) is 17.9 Å². The van der Waals surface area contributed by atoms with Crippen LogP contribution in [0.3, 0.4) is 0 Å². The van der Waals surface area contributed by atoms with E-state index in [-0.39, 0.29) is 0 Å². The van der Waals surface area contributed by atoms with Gasteiger partial charge in [-0.05, 0) is 24.7 Å². The minimum atomic E-state index is 0.828. The smallest absolute Gasteiger partial charge is 0.101 e. The highest BCUT2D eigenvalue weighted by Crippen LogP contribution is 2.31. The van der Waals surface area contributed by atoms with E-state index >= 15 is 0 Å². The van der Waals surface area contributed by atoms with E-state index in [1.165, 1.54) is 24.8 Å². The molecule has 18 heavy (non-hydrogen) atoms. The Balaban J connectivity index is 1.92. The lowest BCUT2D eigenvalue weighted by molar-refractivity contribution is -0.715. The Morgan fingerprint density at radius 3 is 2.56 bits per heavy atom. The summed E-state index contributed by atoms with van der Waals surface area (Å²) in [5.41, 5.74) is 1.46. The van der Waals surface area contributed by atoms with Crippen LogP contribution in [-0.4, -0.2) is 6.04 Å². The summed E-state index contributed by atoms with van der Waals surface area (Å²) in [6, 6.07) is 11.7. The number of benzene rings is 1. The Kier molecular flexibility index (Phi) is 4.82. The van der Waals surface area contributed by atoms with E-state index in [0.717, 1.165) is 30.3 Å². The second-order valence-electron chi connectivity index (χ2n) is 6.42. The molecule has 100 valence electrons. The molecule has 0 radical (unpaired) electrons. The van der Waals surface area contributed by atoms with Crippen LogP contribution in [0.25, 0.3) is 0 Å². The Morgan fingerprint density at radius 2 is 1.89 bits per heavy atom. The van der Waals surface area contributed by atoms with Crippen molar-refractivity contribution < 1.29 is 5.32 Å². The Labute approximate surface area is 112 Å². The van der Waals surface area contributed by atoms with E-state index < -0.39 is 0 Å². The van der Waals surface area contributed by atoms with Crippen LogP contribution < -0.4 is 5.32 Å². The molecular weight excluding hydrogens is 218 g/mol. The predicted octanol–water partition coefficient (Wildman–Crippen LogP) is 3.21. The quantitative estimate of drug-likeness (QED) is 0.840. The lowest BCUT2D eigenvalue weighted by Crippen LogP contribution is -2.91. The van der Waals surface area contributed by atoms with Gasteiger partial charge in [0.05, 0.1) is 6.04 Å². The van der Waals surface area contributed by atoms with E-state index in [4.69, 9.17) is 0 Å². The second-order valence-corrected chi connectivity index (χ2v) is 6.42. The summed E-state index contributed by atoms with van der Waals surface area (Å²) in [4.78, 5) is 0. The highest BCUT2D eigenvalue weighted by atomic mass is 14.9. The Bertz CT molecular complexity index is 344. The molecule has 0 aliphatic heterocycles. The highest BCUT2D eigenvalue weighted by Gasteiger charge is 2.32. The normalized spacial score (nSPS) is 28.6. The van der Waals surface area contributed by atoms with Crippen molar-refractivity contribution in [1.29, 1.82) is 0 Å². The maximum Gasteiger partial charge on any atom is 0.101 e. The molecule has 1 nitrogen and oxygen atoms in total. The van der Waals surface area contributed by atoms with Gasteiger partial charge in [-0.3, -0.25) is 0 Å². The monoisotopic (exact) mass is 246 g/mol. The molecular formula is C17H28N+. The SMILES string of the molecule is CC(C)[C@H]1CC[C@@H](C)C[C@H]1[NH2+]Cc1ccccc1. The molecule has 1 saturated carbocycles. The first kappa shape index (κ1) is 13.6. The highest BCUT2D eigenvalue weighted by molar-refractivity contribution is 5.13. The molecule has 0 unspecified atom stereocenters. The van der Waals surface area contributed by atoms with Crippen molar-refractivity contribution in [3.05, 3.63) is 35.9 Å². The second kappa shape index (κ2) is 6.38. The summed E-state index contributed by atoms with van der Waals surface area (Å²) >= 11 is 0. The van der Waals surface area contributed by atoms with Gasteiger partial charge < -0.3 is 5.32 Å². The van der Waals surface area contributed by atoms with Gasteiger partial charge >= 0.3 is 0 Å². The topological polar surface area (TPSA) is 16.6 Å². The molecule has 3 atom stereocenters. The largest absolute Gasteiger partial charge is 0.340 e. The molecule has 1 heteroatoms. The Morgan fingerprint density at radius 1 is 1.17 bits per heavy atom. The zero-order chi connectivity index (χ0) is 13.0. The number of rotatable bonds is 4. The molecule has 0 bridgehead atoms. The summed E-state index contributed by atoms with van der Waals surface area (Å²) < 4.78 is 0. The lowest BCUT2D eigenvalue weighted by atomic mass is 9.74. The number of nitrogens with two attached hydrogens (primary N) is 1. The van der Waals surface area contributed by atoms with Crippen LogP contribution in [0, 0.1) is 17.8 Å². The first-order valence-corrected chi connectivity index (χ1v) is 7.54. The first-order valence-electron chi connectivity index (χ1n) is 7.54. The maximum absolute atomic E-state index is 2.59. The van der Waals surface area contributed by atoms with Crippen LogP contribution >= 0.6 is 0 Å². The van der Waals surface area contributed by atoms with Crippen molar-refractivity contribution in [3.63, 3.8) is 0 Å². The third kappa shape index (κ3) is 3.58. The fourth-order valence-electron chi connectivity index (χ4n) is 3.45. The third-order valence-electron chi connectivity index (χ3n) is 4.57. The van der Waals surface area contributed by atoms with Gasteiger partial charge in [0.2, 0.25) is 0 Å². The predicted molar refractivity (Wildman–Crippen MR) is 77.2 cm³/mol. The third-order valence-corrected chi connectivity index (χ3v) is 4.57. The van der Waals surface area contributed by atoms with Gasteiger partial charge in [0.1, 0.15) is 6.54 Å². The van der Waals surface area contributed by atoms with E-state index in [0.29, 0.717) is 0 Å². The molecule has 1 aliphatic carbocycles. The van der Waals surface area contributed by atoms with Gasteiger partial charge in [-0.15, -0.1) is 0 Å². The van der Waals surface area contributed by atoms with Crippen LogP contribution in [0.2, 0.25) is 0 Å². The summed E-state index contributed by atoms with van der Waals surface area (Å²) in [7, 11) is 0. The zero-order valence-electron chi connectivity index (χ0n) is 12.1. The van der Waals surface area contributed by atoms with Gasteiger partial charge in [-0.25, -0.2) is 0 Å². The maximum atomic E-state index is 2.59. The molecule has 0 spiro atoms. The van der Waals surface area contributed by atoms with E-state index in [9.17, 15) is 0 Å². The van der Waals surface area contributed by atoms with E-state index in [1.54, 1.807) is 0 Å². The van der Waals surface area contributed by atoms with Crippen LogP contribution in [0.4, 0.5) is 0 Å². The fourth-order valence-corrected chi connectivity index (χ4v) is 3.45.